The Morgan fingerprint density at radius 1 is 1.41 bits per heavy atom. The molecular formula is C9H8N6O2. The van der Waals surface area contributed by atoms with E-state index in [-0.39, 0.29) is 23.2 Å². The highest BCUT2D eigenvalue weighted by molar-refractivity contribution is 6.09. The number of nitrogens with zero attached hydrogens (tertiary/aromatic N) is 5. The minimum Gasteiger partial charge on any atom is -0.280 e. The van der Waals surface area contributed by atoms with Gasteiger partial charge in [-0.25, -0.2) is 4.98 Å². The Bertz CT molecular complexity index is 549. The van der Waals surface area contributed by atoms with Crippen molar-refractivity contribution in [1.82, 2.24) is 20.1 Å². The predicted octanol–water partition coefficient (Wildman–Crippen LogP) is -0.520. The van der Waals surface area contributed by atoms with E-state index in [4.69, 9.17) is 5.26 Å². The van der Waals surface area contributed by atoms with Crippen LogP contribution in [0.15, 0.2) is 0 Å². The monoisotopic (exact) mass is 232 g/mol. The second-order valence-corrected chi connectivity index (χ2v) is 3.53. The zero-order valence-corrected chi connectivity index (χ0v) is 9.13. The van der Waals surface area contributed by atoms with Crippen molar-refractivity contribution in [3.05, 3.63) is 11.4 Å². The molecule has 8 nitrogen and oxygen atoms in total. The molecule has 8 heteroatoms. The molecule has 1 aromatic heterocycles. The lowest BCUT2D eigenvalue weighted by molar-refractivity contribution is -0.129. The van der Waals surface area contributed by atoms with Gasteiger partial charge >= 0.3 is 0 Å². The Morgan fingerprint density at radius 3 is 2.76 bits per heavy atom. The van der Waals surface area contributed by atoms with Crippen molar-refractivity contribution in [2.75, 3.05) is 12.4 Å². The van der Waals surface area contributed by atoms with Crippen LogP contribution >= 0.6 is 0 Å². The van der Waals surface area contributed by atoms with Crippen LogP contribution in [0.4, 0.5) is 5.95 Å². The Morgan fingerprint density at radius 2 is 2.12 bits per heavy atom. The molecule has 1 atom stereocenters. The number of nitriles is 1. The van der Waals surface area contributed by atoms with Gasteiger partial charge in [0.15, 0.2) is 11.9 Å². The lowest BCUT2D eigenvalue weighted by Gasteiger charge is -2.25. The third kappa shape index (κ3) is 1.57. The highest BCUT2D eigenvalue weighted by atomic mass is 16.2. The summed E-state index contributed by atoms with van der Waals surface area (Å²) < 4.78 is 0. The summed E-state index contributed by atoms with van der Waals surface area (Å²) in [4.78, 5) is 28.3. The molecule has 2 heterocycles. The van der Waals surface area contributed by atoms with Crippen LogP contribution in [0.5, 0.6) is 0 Å². The van der Waals surface area contributed by atoms with Crippen LogP contribution in [0.3, 0.4) is 0 Å². The van der Waals surface area contributed by atoms with Crippen molar-refractivity contribution in [3.63, 3.8) is 0 Å². The lowest BCUT2D eigenvalue weighted by atomic mass is 9.99. The maximum atomic E-state index is 11.7. The molecule has 0 radical (unpaired) electrons. The summed E-state index contributed by atoms with van der Waals surface area (Å²) in [5, 5.41) is 17.9. The zero-order valence-electron chi connectivity index (χ0n) is 9.13. The number of fused-ring (bicyclic) bond motifs is 1. The smallest absolute Gasteiger partial charge is 0.280 e. The number of nitrogens with one attached hydrogen (secondary N) is 1. The van der Waals surface area contributed by atoms with Crippen molar-refractivity contribution >= 4 is 17.8 Å². The number of amides is 2. The predicted molar refractivity (Wildman–Crippen MR) is 54.6 cm³/mol. The first kappa shape index (κ1) is 10.9. The molecule has 0 fully saturated rings. The van der Waals surface area contributed by atoms with Gasteiger partial charge in [-0.3, -0.25) is 19.8 Å². The summed E-state index contributed by atoms with van der Waals surface area (Å²) in [5.41, 5.74) is 0.286. The Labute approximate surface area is 96.3 Å². The summed E-state index contributed by atoms with van der Waals surface area (Å²) in [6.07, 6.45) is 1.64. The summed E-state index contributed by atoms with van der Waals surface area (Å²) in [6.45, 7) is 1.62. The van der Waals surface area contributed by atoms with Gasteiger partial charge in [-0.2, -0.15) is 5.26 Å². The average molecular weight is 232 g/mol. The third-order valence-electron chi connectivity index (χ3n) is 2.50. The van der Waals surface area contributed by atoms with E-state index >= 15 is 0 Å². The molecule has 1 N–H and O–H groups in total. The Hall–Kier alpha value is -2.56. The van der Waals surface area contributed by atoms with Gasteiger partial charge in [0.05, 0.1) is 11.6 Å². The topological polar surface area (TPSA) is 112 Å². The number of carbonyl (C=O) groups is 2. The van der Waals surface area contributed by atoms with Gasteiger partial charge in [-0.15, -0.1) is 10.2 Å². The molecule has 2 amide bonds. The van der Waals surface area contributed by atoms with E-state index in [0.29, 0.717) is 0 Å². The standard InChI is InChI=1S/C9H8N6O2/c1-4-5-6(8(17)15(2)7(4)16)13-14-9(12-5)11-3-10/h4H,1-2H3,(H,11,12,14). The lowest BCUT2D eigenvalue weighted by Crippen LogP contribution is -2.42. The van der Waals surface area contributed by atoms with Crippen molar-refractivity contribution in [2.24, 2.45) is 0 Å². The van der Waals surface area contributed by atoms with Crippen LogP contribution in [-0.2, 0) is 4.79 Å². The molecule has 0 saturated heterocycles. The number of anilines is 1. The van der Waals surface area contributed by atoms with E-state index in [1.54, 1.807) is 13.1 Å². The van der Waals surface area contributed by atoms with E-state index in [0.717, 1.165) is 4.90 Å². The number of likely N-dealkylation sites (N-methyl/N-ethyl adjacent to an activating group) is 1. The molecule has 0 aliphatic carbocycles. The number of hydrogen-bond donors (Lipinski definition) is 1. The molecule has 0 saturated carbocycles. The number of imide groups is 1. The number of carbonyl (C=O) groups excluding carboxylic acids is 2. The van der Waals surface area contributed by atoms with Gasteiger partial charge in [0.25, 0.3) is 11.9 Å². The second-order valence-electron chi connectivity index (χ2n) is 3.53. The van der Waals surface area contributed by atoms with Crippen molar-refractivity contribution in [3.8, 4) is 6.19 Å². The summed E-state index contributed by atoms with van der Waals surface area (Å²) in [7, 11) is 1.38. The maximum Gasteiger partial charge on any atom is 0.282 e. The molecule has 17 heavy (non-hydrogen) atoms. The van der Waals surface area contributed by atoms with Crippen molar-refractivity contribution in [2.45, 2.75) is 12.8 Å². The van der Waals surface area contributed by atoms with Crippen LogP contribution in [-0.4, -0.2) is 38.9 Å². The van der Waals surface area contributed by atoms with E-state index < -0.39 is 11.8 Å². The first-order chi connectivity index (χ1) is 8.06. The fourth-order valence-electron chi connectivity index (χ4n) is 1.56. The first-order valence-corrected chi connectivity index (χ1v) is 4.78. The Kier molecular flexibility index (Phi) is 2.44. The van der Waals surface area contributed by atoms with Gasteiger partial charge in [0, 0.05) is 7.05 Å². The fourth-order valence-corrected chi connectivity index (χ4v) is 1.56. The summed E-state index contributed by atoms with van der Waals surface area (Å²) >= 11 is 0. The highest BCUT2D eigenvalue weighted by Crippen LogP contribution is 2.25. The molecule has 2 rings (SSSR count). The van der Waals surface area contributed by atoms with Gasteiger partial charge in [-0.05, 0) is 6.92 Å². The minimum absolute atomic E-state index is 0.0248. The molecule has 1 unspecified atom stereocenters. The number of aromatic nitrogens is 3. The van der Waals surface area contributed by atoms with Crippen molar-refractivity contribution < 1.29 is 9.59 Å². The molecular weight excluding hydrogens is 224 g/mol. The molecule has 1 aliphatic heterocycles. The minimum atomic E-state index is -0.581. The largest absolute Gasteiger partial charge is 0.282 e. The van der Waals surface area contributed by atoms with Gasteiger partial charge < -0.3 is 0 Å². The third-order valence-corrected chi connectivity index (χ3v) is 2.50. The van der Waals surface area contributed by atoms with E-state index in [1.807, 2.05) is 0 Å². The normalized spacial score (nSPS) is 18.6. The zero-order chi connectivity index (χ0) is 12.6. The summed E-state index contributed by atoms with van der Waals surface area (Å²) in [5.74, 6) is -1.50. The molecule has 1 aliphatic rings. The van der Waals surface area contributed by atoms with Gasteiger partial charge in [0.2, 0.25) is 5.91 Å². The van der Waals surface area contributed by atoms with Crippen molar-refractivity contribution in [1.29, 1.82) is 5.26 Å². The van der Waals surface area contributed by atoms with E-state index in [2.05, 4.69) is 20.5 Å². The molecule has 1 aromatic rings. The quantitative estimate of drug-likeness (QED) is 0.394. The van der Waals surface area contributed by atoms with E-state index in [1.165, 1.54) is 7.05 Å². The Balaban J connectivity index is 2.55. The van der Waals surface area contributed by atoms with Crippen LogP contribution in [0, 0.1) is 11.5 Å². The molecule has 0 aromatic carbocycles. The van der Waals surface area contributed by atoms with Crippen LogP contribution in [0.2, 0.25) is 0 Å². The fraction of sp³-hybridized carbons (Fsp3) is 0.333. The van der Waals surface area contributed by atoms with E-state index in [9.17, 15) is 9.59 Å². The number of hydrogen-bond acceptors (Lipinski definition) is 7. The molecule has 86 valence electrons. The van der Waals surface area contributed by atoms with Crippen LogP contribution in [0.1, 0.15) is 29.0 Å². The van der Waals surface area contributed by atoms with Crippen LogP contribution in [0.25, 0.3) is 0 Å². The van der Waals surface area contributed by atoms with Gasteiger partial charge in [0.1, 0.15) is 0 Å². The number of rotatable bonds is 1. The molecule has 0 bridgehead atoms. The van der Waals surface area contributed by atoms with Crippen LogP contribution < -0.4 is 5.32 Å². The SMILES string of the molecule is CC1C(=O)N(C)C(=O)c2nnc(NC#N)nc21. The first-order valence-electron chi connectivity index (χ1n) is 4.78. The molecule has 0 spiro atoms. The maximum absolute atomic E-state index is 11.7. The van der Waals surface area contributed by atoms with Gasteiger partial charge in [-0.1, -0.05) is 0 Å². The highest BCUT2D eigenvalue weighted by Gasteiger charge is 2.37. The summed E-state index contributed by atoms with van der Waals surface area (Å²) in [6, 6.07) is 0. The average Bonchev–Trinajstić information content (AvgIpc) is 2.34. The second kappa shape index (κ2) is 3.79.